The maximum Gasteiger partial charge on any atom is 0.136 e. The summed E-state index contributed by atoms with van der Waals surface area (Å²) in [5, 5.41) is 7.29. The molecular weight excluding hydrogens is 605 g/mol. The highest BCUT2D eigenvalue weighted by molar-refractivity contribution is 6.22. The standard InChI is InChI=1S/C49H36O/c1-3-4-22-39-32(2)46(42-24-10-11-25-43(42)47(39)38-21-12-18-35(30-38)33-15-6-5-7-16-33)37-20-13-19-36(31-37)41-26-14-27-44-49(41)48-40-23-9-8-17-34(40)28-29-45(48)50-44/h4-31H,3H2,1-2H3/b22-4-. The van der Waals surface area contributed by atoms with Crippen LogP contribution >= 0.6 is 0 Å². The number of furan rings is 1. The molecule has 0 amide bonds. The first-order valence-corrected chi connectivity index (χ1v) is 17.5. The molecule has 0 atom stereocenters. The van der Waals surface area contributed by atoms with Crippen LogP contribution in [0.15, 0.2) is 168 Å². The van der Waals surface area contributed by atoms with E-state index < -0.39 is 0 Å². The monoisotopic (exact) mass is 640 g/mol. The van der Waals surface area contributed by atoms with E-state index >= 15 is 0 Å². The van der Waals surface area contributed by atoms with Crippen LogP contribution < -0.4 is 0 Å². The summed E-state index contributed by atoms with van der Waals surface area (Å²) in [5.41, 5.74) is 14.2. The zero-order valence-corrected chi connectivity index (χ0v) is 28.3. The van der Waals surface area contributed by atoms with Crippen LogP contribution in [0.4, 0.5) is 0 Å². The summed E-state index contributed by atoms with van der Waals surface area (Å²) in [6, 6.07) is 57.0. The van der Waals surface area contributed by atoms with Gasteiger partial charge in [0.05, 0.1) is 0 Å². The highest BCUT2D eigenvalue weighted by Crippen LogP contribution is 2.45. The van der Waals surface area contributed by atoms with E-state index in [2.05, 4.69) is 184 Å². The SMILES string of the molecule is CC/C=C\c1c(C)c(-c2cccc(-c3cccc4oc5ccc6ccccc6c5c34)c2)c2ccccc2c1-c1cccc(-c2ccccc2)c1. The second-order valence-electron chi connectivity index (χ2n) is 13.1. The molecule has 0 aliphatic carbocycles. The molecule has 0 bridgehead atoms. The maximum absolute atomic E-state index is 6.45. The second-order valence-corrected chi connectivity index (χ2v) is 13.1. The maximum atomic E-state index is 6.45. The van der Waals surface area contributed by atoms with Crippen molar-refractivity contribution < 1.29 is 4.42 Å². The number of allylic oxidation sites excluding steroid dienone is 1. The second kappa shape index (κ2) is 12.4. The molecule has 0 unspecified atom stereocenters. The molecule has 1 heterocycles. The van der Waals surface area contributed by atoms with E-state index in [0.29, 0.717) is 0 Å². The molecule has 0 saturated heterocycles. The third-order valence-corrected chi connectivity index (χ3v) is 10.1. The van der Waals surface area contributed by atoms with Crippen molar-refractivity contribution in [2.45, 2.75) is 20.3 Å². The molecule has 0 spiro atoms. The van der Waals surface area contributed by atoms with Crippen LogP contribution in [0, 0.1) is 6.92 Å². The third kappa shape index (κ3) is 4.94. The normalized spacial score (nSPS) is 11.8. The number of hydrogen-bond acceptors (Lipinski definition) is 1. The Bertz CT molecular complexity index is 2740. The quantitative estimate of drug-likeness (QED) is 0.176. The molecule has 9 aromatic rings. The molecule has 0 aliphatic rings. The number of rotatable bonds is 6. The Balaban J connectivity index is 1.28. The third-order valence-electron chi connectivity index (χ3n) is 10.1. The lowest BCUT2D eigenvalue weighted by molar-refractivity contribution is 0.669. The van der Waals surface area contributed by atoms with Gasteiger partial charge in [-0.05, 0) is 115 Å². The predicted octanol–water partition coefficient (Wildman–Crippen LogP) is 14.3. The Kier molecular flexibility index (Phi) is 7.40. The summed E-state index contributed by atoms with van der Waals surface area (Å²) >= 11 is 0. The van der Waals surface area contributed by atoms with Gasteiger partial charge in [-0.1, -0.05) is 153 Å². The summed E-state index contributed by atoms with van der Waals surface area (Å²) in [7, 11) is 0. The number of hydrogen-bond donors (Lipinski definition) is 0. The largest absolute Gasteiger partial charge is 0.456 e. The van der Waals surface area contributed by atoms with Gasteiger partial charge in [0, 0.05) is 10.8 Å². The molecule has 9 rings (SSSR count). The van der Waals surface area contributed by atoms with Crippen molar-refractivity contribution in [3.63, 3.8) is 0 Å². The van der Waals surface area contributed by atoms with Gasteiger partial charge in [-0.3, -0.25) is 0 Å². The molecule has 8 aromatic carbocycles. The van der Waals surface area contributed by atoms with Crippen LogP contribution in [0.2, 0.25) is 0 Å². The average molecular weight is 641 g/mol. The summed E-state index contributed by atoms with van der Waals surface area (Å²) in [4.78, 5) is 0. The molecule has 238 valence electrons. The molecule has 0 N–H and O–H groups in total. The minimum Gasteiger partial charge on any atom is -0.456 e. The Hall–Kier alpha value is -6.18. The fraction of sp³-hybridized carbons (Fsp3) is 0.0612. The van der Waals surface area contributed by atoms with Crippen LogP contribution in [0.25, 0.3) is 94.1 Å². The molecule has 0 aliphatic heterocycles. The van der Waals surface area contributed by atoms with E-state index in [1.807, 2.05) is 0 Å². The lowest BCUT2D eigenvalue weighted by atomic mass is 9.83. The van der Waals surface area contributed by atoms with E-state index in [0.717, 1.165) is 17.6 Å². The smallest absolute Gasteiger partial charge is 0.136 e. The number of fused-ring (bicyclic) bond motifs is 6. The summed E-state index contributed by atoms with van der Waals surface area (Å²) < 4.78 is 6.45. The van der Waals surface area contributed by atoms with E-state index in [-0.39, 0.29) is 0 Å². The molecular formula is C49H36O. The van der Waals surface area contributed by atoms with Gasteiger partial charge in [-0.15, -0.1) is 0 Å². The van der Waals surface area contributed by atoms with E-state index in [1.54, 1.807) is 0 Å². The van der Waals surface area contributed by atoms with Crippen molar-refractivity contribution in [1.29, 1.82) is 0 Å². The Morgan fingerprint density at radius 1 is 0.480 bits per heavy atom. The molecule has 1 heteroatoms. The van der Waals surface area contributed by atoms with Crippen molar-refractivity contribution >= 4 is 49.6 Å². The van der Waals surface area contributed by atoms with Crippen LogP contribution in [0.5, 0.6) is 0 Å². The van der Waals surface area contributed by atoms with Gasteiger partial charge in [0.15, 0.2) is 0 Å². The lowest BCUT2D eigenvalue weighted by Crippen LogP contribution is -1.96. The molecule has 0 fully saturated rings. The van der Waals surface area contributed by atoms with E-state index in [4.69, 9.17) is 4.42 Å². The Morgan fingerprint density at radius 2 is 1.08 bits per heavy atom. The van der Waals surface area contributed by atoms with Crippen LogP contribution in [-0.4, -0.2) is 0 Å². The van der Waals surface area contributed by atoms with E-state index in [1.165, 1.54) is 88.0 Å². The summed E-state index contributed by atoms with van der Waals surface area (Å²) in [5.74, 6) is 0. The van der Waals surface area contributed by atoms with Crippen molar-refractivity contribution in [2.24, 2.45) is 0 Å². The molecule has 0 saturated carbocycles. The zero-order valence-electron chi connectivity index (χ0n) is 28.3. The minimum atomic E-state index is 0.912. The fourth-order valence-corrected chi connectivity index (χ4v) is 7.87. The van der Waals surface area contributed by atoms with Gasteiger partial charge >= 0.3 is 0 Å². The van der Waals surface area contributed by atoms with Gasteiger partial charge in [0.2, 0.25) is 0 Å². The fourth-order valence-electron chi connectivity index (χ4n) is 7.87. The Labute approximate surface area is 292 Å². The van der Waals surface area contributed by atoms with Gasteiger partial charge in [-0.2, -0.15) is 0 Å². The topological polar surface area (TPSA) is 13.1 Å². The first-order valence-electron chi connectivity index (χ1n) is 17.5. The first kappa shape index (κ1) is 29.9. The molecule has 50 heavy (non-hydrogen) atoms. The van der Waals surface area contributed by atoms with Crippen molar-refractivity contribution in [3.8, 4) is 44.5 Å². The van der Waals surface area contributed by atoms with Gasteiger partial charge in [0.25, 0.3) is 0 Å². The molecule has 1 nitrogen and oxygen atoms in total. The number of benzene rings is 8. The van der Waals surface area contributed by atoms with Crippen LogP contribution in [0.3, 0.4) is 0 Å². The van der Waals surface area contributed by atoms with Crippen LogP contribution in [-0.2, 0) is 0 Å². The summed E-state index contributed by atoms with van der Waals surface area (Å²) in [6.07, 6.45) is 5.60. The summed E-state index contributed by atoms with van der Waals surface area (Å²) in [6.45, 7) is 4.50. The first-order chi connectivity index (χ1) is 24.7. The Morgan fingerprint density at radius 3 is 1.88 bits per heavy atom. The molecule has 0 radical (unpaired) electrons. The highest BCUT2D eigenvalue weighted by atomic mass is 16.3. The molecule has 1 aromatic heterocycles. The zero-order chi connectivity index (χ0) is 33.6. The van der Waals surface area contributed by atoms with Crippen LogP contribution in [0.1, 0.15) is 24.5 Å². The highest BCUT2D eigenvalue weighted by Gasteiger charge is 2.20. The van der Waals surface area contributed by atoms with Crippen molar-refractivity contribution in [3.05, 3.63) is 175 Å². The lowest BCUT2D eigenvalue weighted by Gasteiger charge is -2.21. The van der Waals surface area contributed by atoms with E-state index in [9.17, 15) is 0 Å². The van der Waals surface area contributed by atoms with Crippen molar-refractivity contribution in [2.75, 3.05) is 0 Å². The van der Waals surface area contributed by atoms with Crippen molar-refractivity contribution in [1.82, 2.24) is 0 Å². The minimum absolute atomic E-state index is 0.912. The average Bonchev–Trinajstić information content (AvgIpc) is 3.57. The van der Waals surface area contributed by atoms with Gasteiger partial charge < -0.3 is 4.42 Å². The predicted molar refractivity (Wildman–Crippen MR) is 215 cm³/mol. The van der Waals surface area contributed by atoms with Gasteiger partial charge in [-0.25, -0.2) is 0 Å². The van der Waals surface area contributed by atoms with Gasteiger partial charge in [0.1, 0.15) is 11.2 Å².